The van der Waals surface area contributed by atoms with Crippen LogP contribution in [0, 0.1) is 11.8 Å². The number of para-hydroxylation sites is 2. The maximum atomic E-state index is 13.3. The standard InChI is InChI=1S/C28H26N6O2.C19H25N3O4.C14H11N3O/c35-27-22-6-2-1-5-21(22)25(31-32-27)19-9-11-20(12-10-19)30-28(36)26-23-7-3-4-8-24(23)34(33-26)17-18-13-15-29-16-14-18;1-19(2,3)26-18(25)21-10-8-13(9-11-21)12-22-15-7-5-4-6-14(15)16(20-22)17(23)24;15-10-7-5-9(6-8-10)13-11-3-1-2-4-12(11)14(18)17-16-13/h1-12,18,29H,13-17H2,(H,30,36)(H,32,35);4-7,13H,8-12H2,1-3H3,(H,23,24);1-8H,15H2,(H,17,18). The van der Waals surface area contributed by atoms with Gasteiger partial charge in [0.15, 0.2) is 11.4 Å². The van der Waals surface area contributed by atoms with Gasteiger partial charge in [0.1, 0.15) is 5.60 Å². The lowest BCUT2D eigenvalue weighted by molar-refractivity contribution is 0.0177. The van der Waals surface area contributed by atoms with Crippen LogP contribution in [0.5, 0.6) is 0 Å². The number of amides is 2. The van der Waals surface area contributed by atoms with Gasteiger partial charge < -0.3 is 31.1 Å². The number of aromatic nitrogens is 8. The maximum absolute atomic E-state index is 13.3. The minimum atomic E-state index is -1.01. The van der Waals surface area contributed by atoms with Gasteiger partial charge in [0, 0.05) is 70.2 Å². The molecule has 0 spiro atoms. The highest BCUT2D eigenvalue weighted by molar-refractivity contribution is 6.11. The van der Waals surface area contributed by atoms with Gasteiger partial charge in [-0.15, -0.1) is 0 Å². The van der Waals surface area contributed by atoms with Crippen molar-refractivity contribution in [1.82, 2.24) is 50.2 Å². The van der Waals surface area contributed by atoms with Crippen molar-refractivity contribution in [3.8, 4) is 22.5 Å². The third-order valence-corrected chi connectivity index (χ3v) is 14.3. The number of carbonyl (C=O) groups excluding carboxylic acids is 2. The Morgan fingerprint density at radius 3 is 1.54 bits per heavy atom. The summed E-state index contributed by atoms with van der Waals surface area (Å²) in [6.45, 7) is 10.4. The van der Waals surface area contributed by atoms with Crippen LogP contribution < -0.4 is 27.5 Å². The lowest BCUT2D eigenvalue weighted by atomic mass is 9.97. The molecule has 19 heteroatoms. The van der Waals surface area contributed by atoms with Gasteiger partial charge >= 0.3 is 12.1 Å². The molecule has 7 N–H and O–H groups in total. The van der Waals surface area contributed by atoms with E-state index in [9.17, 15) is 29.1 Å². The summed E-state index contributed by atoms with van der Waals surface area (Å²) in [4.78, 5) is 62.3. The summed E-state index contributed by atoms with van der Waals surface area (Å²) in [6, 6.07) is 44.9. The molecule has 408 valence electrons. The minimum absolute atomic E-state index is 0.0896. The first-order valence-electron chi connectivity index (χ1n) is 26.7. The number of nitrogens with one attached hydrogen (secondary N) is 4. The fourth-order valence-electron chi connectivity index (χ4n) is 10.2. The number of hydrogen-bond acceptors (Lipinski definition) is 12. The van der Waals surface area contributed by atoms with Gasteiger partial charge in [0.05, 0.1) is 33.2 Å². The zero-order valence-corrected chi connectivity index (χ0v) is 44.7. The first-order valence-corrected chi connectivity index (χ1v) is 26.7. The van der Waals surface area contributed by atoms with E-state index >= 15 is 0 Å². The fourth-order valence-corrected chi connectivity index (χ4v) is 10.2. The second-order valence-corrected chi connectivity index (χ2v) is 21.1. The van der Waals surface area contributed by atoms with E-state index in [1.54, 1.807) is 27.8 Å². The molecular weight excluding hydrogens is 1010 g/mol. The molecule has 0 bridgehead atoms. The van der Waals surface area contributed by atoms with E-state index in [0.717, 1.165) is 89.3 Å². The van der Waals surface area contributed by atoms with Gasteiger partial charge in [-0.3, -0.25) is 23.7 Å². The van der Waals surface area contributed by atoms with Crippen LogP contribution in [-0.4, -0.2) is 99.7 Å². The quantitative estimate of drug-likeness (QED) is 0.0737. The molecule has 0 radical (unpaired) electrons. The van der Waals surface area contributed by atoms with Crippen molar-refractivity contribution in [2.24, 2.45) is 11.8 Å². The molecule has 6 aromatic carbocycles. The number of likely N-dealkylation sites (tertiary alicyclic amines) is 1. The van der Waals surface area contributed by atoms with Crippen LogP contribution in [-0.2, 0) is 17.8 Å². The zero-order valence-electron chi connectivity index (χ0n) is 44.7. The number of carboxylic acids is 1. The largest absolute Gasteiger partial charge is 0.476 e. The molecule has 0 atom stereocenters. The lowest BCUT2D eigenvalue weighted by Crippen LogP contribution is -2.42. The number of hydrogen-bond donors (Lipinski definition) is 6. The molecule has 0 unspecified atom stereocenters. The number of ether oxygens (including phenoxy) is 1. The topological polar surface area (TPSA) is 261 Å². The van der Waals surface area contributed by atoms with Crippen LogP contribution in [0.3, 0.4) is 0 Å². The molecule has 0 aliphatic carbocycles. The van der Waals surface area contributed by atoms with Crippen molar-refractivity contribution < 1.29 is 24.2 Å². The average molecular weight is 1080 g/mol. The predicted octanol–water partition coefficient (Wildman–Crippen LogP) is 9.75. The average Bonchev–Trinajstić information content (AvgIpc) is 4.22. The number of fused-ring (bicyclic) bond motifs is 4. The molecule has 2 aliphatic rings. The Morgan fingerprint density at radius 1 is 0.600 bits per heavy atom. The van der Waals surface area contributed by atoms with Crippen LogP contribution in [0.25, 0.3) is 65.9 Å². The third kappa shape index (κ3) is 12.3. The number of aromatic amines is 2. The van der Waals surface area contributed by atoms with Crippen LogP contribution in [0.4, 0.5) is 16.2 Å². The number of aromatic carboxylic acids is 1. The first kappa shape index (κ1) is 53.9. The highest BCUT2D eigenvalue weighted by atomic mass is 16.6. The number of nitrogens with zero attached hydrogens (tertiary/aromatic N) is 7. The Bertz CT molecular complexity index is 3980. The van der Waals surface area contributed by atoms with Crippen LogP contribution in [0.2, 0.25) is 0 Å². The number of piperidine rings is 2. The summed E-state index contributed by atoms with van der Waals surface area (Å²) >= 11 is 0. The number of benzene rings is 6. The predicted molar refractivity (Wildman–Crippen MR) is 311 cm³/mol. The Balaban J connectivity index is 0.000000143. The highest BCUT2D eigenvalue weighted by Gasteiger charge is 2.28. The molecule has 6 heterocycles. The number of carbonyl (C=O) groups is 3. The zero-order chi connectivity index (χ0) is 55.9. The van der Waals surface area contributed by atoms with Gasteiger partial charge in [-0.1, -0.05) is 97.1 Å². The van der Waals surface area contributed by atoms with Crippen LogP contribution >= 0.6 is 0 Å². The Hall–Kier alpha value is -9.49. The summed E-state index contributed by atoms with van der Waals surface area (Å²) < 4.78 is 9.19. The Morgan fingerprint density at radius 2 is 1.04 bits per heavy atom. The Kier molecular flexibility index (Phi) is 15.9. The fraction of sp³-hybridized carbons (Fsp3) is 0.262. The number of H-pyrrole nitrogens is 2. The molecule has 2 aliphatic heterocycles. The Labute approximate surface area is 459 Å². The van der Waals surface area contributed by atoms with Crippen molar-refractivity contribution in [2.45, 2.75) is 65.1 Å². The summed E-state index contributed by atoms with van der Waals surface area (Å²) in [7, 11) is 0. The second-order valence-electron chi connectivity index (χ2n) is 21.1. The normalized spacial score (nSPS) is 14.1. The third-order valence-electron chi connectivity index (χ3n) is 14.3. The number of anilines is 2. The molecule has 2 saturated heterocycles. The van der Waals surface area contributed by atoms with Crippen molar-refractivity contribution in [3.63, 3.8) is 0 Å². The van der Waals surface area contributed by atoms with Gasteiger partial charge in [0.25, 0.3) is 17.0 Å². The molecule has 12 rings (SSSR count). The van der Waals surface area contributed by atoms with E-state index < -0.39 is 11.6 Å². The van der Waals surface area contributed by atoms with Crippen molar-refractivity contribution in [1.29, 1.82) is 0 Å². The van der Waals surface area contributed by atoms with Crippen molar-refractivity contribution in [2.75, 3.05) is 37.2 Å². The molecule has 0 saturated carbocycles. The van der Waals surface area contributed by atoms with E-state index in [1.807, 2.05) is 153 Å². The molecule has 2 amide bonds. The number of nitrogen functional groups attached to an aromatic ring is 1. The van der Waals surface area contributed by atoms with E-state index in [-0.39, 0.29) is 28.8 Å². The highest BCUT2D eigenvalue weighted by Crippen LogP contribution is 2.29. The SMILES string of the molecule is CC(C)(C)OC(=O)N1CCC(Cn2nc(C(=O)O)c3ccccc32)CC1.Nc1ccc(-c2n[nH]c(=O)c3ccccc23)cc1.O=C(Nc1ccc(-c2n[nH]c(=O)c3ccccc23)cc1)c1nn(CC2CCNCC2)c2ccccc12. The molecule has 80 heavy (non-hydrogen) atoms. The summed E-state index contributed by atoms with van der Waals surface area (Å²) in [6.07, 6.45) is 3.64. The number of nitrogens with two attached hydrogens (primary N) is 1. The van der Waals surface area contributed by atoms with Gasteiger partial charge in [-0.05, 0) is 120 Å². The summed E-state index contributed by atoms with van der Waals surface area (Å²) in [5, 5.41) is 42.6. The van der Waals surface area contributed by atoms with Gasteiger partial charge in [-0.25, -0.2) is 19.8 Å². The minimum Gasteiger partial charge on any atom is -0.476 e. The molecule has 19 nitrogen and oxygen atoms in total. The van der Waals surface area contributed by atoms with Crippen molar-refractivity contribution in [3.05, 3.63) is 178 Å². The number of carboxylic acid groups (broad SMARTS) is 1. The maximum Gasteiger partial charge on any atom is 0.410 e. The van der Waals surface area contributed by atoms with Crippen molar-refractivity contribution >= 4 is 72.7 Å². The molecular formula is C61H62N12O7. The van der Waals surface area contributed by atoms with Crippen LogP contribution in [0.15, 0.2) is 155 Å². The van der Waals surface area contributed by atoms with Crippen LogP contribution in [0.1, 0.15) is 67.4 Å². The van der Waals surface area contributed by atoms with E-state index in [1.165, 1.54) is 0 Å². The second kappa shape index (κ2) is 23.6. The molecule has 2 fully saturated rings. The van der Waals surface area contributed by atoms with Gasteiger partial charge in [0.2, 0.25) is 0 Å². The summed E-state index contributed by atoms with van der Waals surface area (Å²) in [5.74, 6) is -0.357. The lowest BCUT2D eigenvalue weighted by Gasteiger charge is -2.33. The number of rotatable bonds is 9. The van der Waals surface area contributed by atoms with E-state index in [0.29, 0.717) is 70.4 Å². The van der Waals surface area contributed by atoms with Gasteiger partial charge in [-0.2, -0.15) is 20.4 Å². The van der Waals surface area contributed by atoms with E-state index in [4.69, 9.17) is 15.6 Å². The monoisotopic (exact) mass is 1070 g/mol. The smallest absolute Gasteiger partial charge is 0.410 e. The van der Waals surface area contributed by atoms with E-state index in [2.05, 4.69) is 36.1 Å². The molecule has 10 aromatic rings. The molecule has 4 aromatic heterocycles. The summed E-state index contributed by atoms with van der Waals surface area (Å²) in [5.41, 5.74) is 11.7. The first-order chi connectivity index (χ1) is 38.7.